The lowest BCUT2D eigenvalue weighted by molar-refractivity contribution is -0.384. The number of non-ortho nitro benzene ring substituents is 1. The second-order valence-electron chi connectivity index (χ2n) is 7.56. The number of anilines is 3. The molecule has 2 aromatic rings. The largest absolute Gasteiger partial charge is 0.471 e. The molecular weight excluding hydrogens is 481 g/mol. The SMILES string of the molecule is CN1c2cc([N+](=O)[O-])ccc2N2CC[C@@H](NC(=O)C(F)(F)F)C[C@@H]2c2c(Br)cccc21. The third-order valence-electron chi connectivity index (χ3n) is 5.76. The van der Waals surface area contributed by atoms with Crippen LogP contribution in [0.4, 0.5) is 35.9 Å². The lowest BCUT2D eigenvalue weighted by Gasteiger charge is -2.41. The van der Waals surface area contributed by atoms with Gasteiger partial charge in [-0.3, -0.25) is 14.9 Å². The smallest absolute Gasteiger partial charge is 0.363 e. The van der Waals surface area contributed by atoms with Crippen molar-refractivity contribution in [2.24, 2.45) is 0 Å². The highest BCUT2D eigenvalue weighted by Gasteiger charge is 2.43. The first-order valence-electron chi connectivity index (χ1n) is 9.53. The normalized spacial score (nSPS) is 20.3. The molecule has 1 N–H and O–H groups in total. The van der Waals surface area contributed by atoms with Crippen molar-refractivity contribution < 1.29 is 22.9 Å². The van der Waals surface area contributed by atoms with Crippen molar-refractivity contribution in [3.63, 3.8) is 0 Å². The Kier molecular flexibility index (Phi) is 5.32. The highest BCUT2D eigenvalue weighted by molar-refractivity contribution is 9.10. The number of carbonyl (C=O) groups is 1. The van der Waals surface area contributed by atoms with Gasteiger partial charge in [0, 0.05) is 47.5 Å². The molecule has 1 fully saturated rings. The van der Waals surface area contributed by atoms with E-state index in [2.05, 4.69) is 21.2 Å². The predicted octanol–water partition coefficient (Wildman–Crippen LogP) is 4.83. The highest BCUT2D eigenvalue weighted by atomic mass is 79.9. The van der Waals surface area contributed by atoms with Crippen molar-refractivity contribution in [3.8, 4) is 0 Å². The molecule has 31 heavy (non-hydrogen) atoms. The number of nitrogens with zero attached hydrogens (tertiary/aromatic N) is 3. The number of nitro groups is 1. The number of carbonyl (C=O) groups excluding carboxylic acids is 1. The van der Waals surface area contributed by atoms with Crippen molar-refractivity contribution in [1.29, 1.82) is 0 Å². The van der Waals surface area contributed by atoms with E-state index in [4.69, 9.17) is 0 Å². The maximum Gasteiger partial charge on any atom is 0.471 e. The van der Waals surface area contributed by atoms with E-state index < -0.39 is 23.0 Å². The number of amides is 1. The average Bonchev–Trinajstić information content (AvgIpc) is 2.81. The summed E-state index contributed by atoms with van der Waals surface area (Å²) in [4.78, 5) is 26.3. The molecule has 1 saturated heterocycles. The lowest BCUT2D eigenvalue weighted by atomic mass is 9.90. The molecule has 0 unspecified atom stereocenters. The number of piperidine rings is 1. The fourth-order valence-corrected chi connectivity index (χ4v) is 4.96. The first-order chi connectivity index (χ1) is 14.6. The van der Waals surface area contributed by atoms with Crippen LogP contribution in [-0.2, 0) is 4.79 Å². The number of rotatable bonds is 2. The zero-order chi connectivity index (χ0) is 22.5. The van der Waals surface area contributed by atoms with Crippen LogP contribution >= 0.6 is 15.9 Å². The molecule has 2 atom stereocenters. The number of hydrogen-bond acceptors (Lipinski definition) is 5. The van der Waals surface area contributed by atoms with Crippen LogP contribution in [-0.4, -0.2) is 36.6 Å². The van der Waals surface area contributed by atoms with E-state index in [1.165, 1.54) is 12.1 Å². The number of benzene rings is 2. The summed E-state index contributed by atoms with van der Waals surface area (Å²) < 4.78 is 39.1. The van der Waals surface area contributed by atoms with Gasteiger partial charge in [-0.15, -0.1) is 0 Å². The minimum absolute atomic E-state index is 0.0482. The van der Waals surface area contributed by atoms with E-state index in [9.17, 15) is 28.1 Å². The minimum atomic E-state index is -4.94. The molecule has 0 bridgehead atoms. The van der Waals surface area contributed by atoms with Gasteiger partial charge in [-0.2, -0.15) is 13.2 Å². The Balaban J connectivity index is 1.79. The van der Waals surface area contributed by atoms with Crippen LogP contribution in [0.25, 0.3) is 0 Å². The molecule has 2 aliphatic rings. The van der Waals surface area contributed by atoms with Crippen LogP contribution in [0, 0.1) is 10.1 Å². The molecule has 0 saturated carbocycles. The van der Waals surface area contributed by atoms with Gasteiger partial charge in [0.25, 0.3) is 5.69 Å². The molecule has 4 rings (SSSR count). The molecule has 0 aliphatic carbocycles. The quantitative estimate of drug-likeness (QED) is 0.474. The highest BCUT2D eigenvalue weighted by Crippen LogP contribution is 2.50. The molecule has 7 nitrogen and oxygen atoms in total. The van der Waals surface area contributed by atoms with E-state index in [1.807, 2.05) is 28.0 Å². The average molecular weight is 499 g/mol. The predicted molar refractivity (Wildman–Crippen MR) is 113 cm³/mol. The molecule has 0 radical (unpaired) electrons. The number of fused-ring (bicyclic) bond motifs is 5. The molecule has 0 aromatic heterocycles. The van der Waals surface area contributed by atoms with Crippen molar-refractivity contribution in [3.05, 3.63) is 56.5 Å². The van der Waals surface area contributed by atoms with Crippen LogP contribution in [0.5, 0.6) is 0 Å². The monoisotopic (exact) mass is 498 g/mol. The Morgan fingerprint density at radius 3 is 2.65 bits per heavy atom. The van der Waals surface area contributed by atoms with Crippen LogP contribution in [0.1, 0.15) is 24.4 Å². The van der Waals surface area contributed by atoms with Crippen molar-refractivity contribution in [1.82, 2.24) is 5.32 Å². The third-order valence-corrected chi connectivity index (χ3v) is 6.45. The Bertz CT molecular complexity index is 1060. The molecule has 1 amide bonds. The van der Waals surface area contributed by atoms with Gasteiger partial charge in [0.05, 0.1) is 22.3 Å². The Morgan fingerprint density at radius 1 is 1.23 bits per heavy atom. The summed E-state index contributed by atoms with van der Waals surface area (Å²) in [6.07, 6.45) is -4.36. The van der Waals surface area contributed by atoms with Crippen LogP contribution in [0.2, 0.25) is 0 Å². The summed E-state index contributed by atoms with van der Waals surface area (Å²) in [6.45, 7) is 0.382. The van der Waals surface area contributed by atoms with Crippen LogP contribution in [0.15, 0.2) is 40.9 Å². The van der Waals surface area contributed by atoms with Gasteiger partial charge in [0.15, 0.2) is 0 Å². The molecule has 2 heterocycles. The third kappa shape index (κ3) is 3.82. The Labute approximate surface area is 184 Å². The standard InChI is InChI=1S/C20H18BrF3N4O3/c1-26-15-4-2-3-13(21)18(15)17-9-11(25-19(29)20(22,23)24)7-8-27(17)14-6-5-12(28(30)31)10-16(14)26/h2-6,10-11,17H,7-9H2,1H3,(H,25,29)/t11-,17-/m1/s1. The maximum absolute atomic E-state index is 12.8. The topological polar surface area (TPSA) is 78.7 Å². The van der Waals surface area contributed by atoms with E-state index in [0.717, 1.165) is 21.4 Å². The van der Waals surface area contributed by atoms with Crippen molar-refractivity contribution in [2.45, 2.75) is 31.1 Å². The van der Waals surface area contributed by atoms with Gasteiger partial charge in [-0.05, 0) is 31.0 Å². The summed E-state index contributed by atoms with van der Waals surface area (Å²) in [5.74, 6) is -1.94. The molecular formula is C20H18BrF3N4O3. The first-order valence-corrected chi connectivity index (χ1v) is 10.3. The number of nitrogens with one attached hydrogen (secondary N) is 1. The van der Waals surface area contributed by atoms with Gasteiger partial charge in [0.2, 0.25) is 0 Å². The minimum Gasteiger partial charge on any atom is -0.363 e. The van der Waals surface area contributed by atoms with Gasteiger partial charge >= 0.3 is 12.1 Å². The Hall–Kier alpha value is -2.82. The van der Waals surface area contributed by atoms with Crippen LogP contribution in [0.3, 0.4) is 0 Å². The Morgan fingerprint density at radius 2 is 1.97 bits per heavy atom. The van der Waals surface area contributed by atoms with E-state index >= 15 is 0 Å². The van der Waals surface area contributed by atoms with E-state index in [1.54, 1.807) is 13.1 Å². The number of nitro benzene ring substituents is 1. The number of hydrogen-bond donors (Lipinski definition) is 1. The second-order valence-corrected chi connectivity index (χ2v) is 8.42. The lowest BCUT2D eigenvalue weighted by Crippen LogP contribution is -2.49. The van der Waals surface area contributed by atoms with E-state index in [0.29, 0.717) is 18.7 Å². The zero-order valence-corrected chi connectivity index (χ0v) is 17.9. The van der Waals surface area contributed by atoms with Crippen LogP contribution < -0.4 is 15.1 Å². The molecule has 11 heteroatoms. The molecule has 164 valence electrons. The maximum atomic E-state index is 12.8. The summed E-state index contributed by atoms with van der Waals surface area (Å²) in [5.41, 5.74) is 2.98. The van der Waals surface area contributed by atoms with Crippen molar-refractivity contribution >= 4 is 44.6 Å². The fraction of sp³-hybridized carbons (Fsp3) is 0.350. The molecule has 2 aliphatic heterocycles. The zero-order valence-electron chi connectivity index (χ0n) is 16.3. The number of alkyl halides is 3. The first kappa shape index (κ1) is 21.4. The summed E-state index contributed by atoms with van der Waals surface area (Å²) in [6, 6.07) is 9.16. The van der Waals surface area contributed by atoms with Gasteiger partial charge < -0.3 is 15.1 Å². The second kappa shape index (κ2) is 7.70. The summed E-state index contributed by atoms with van der Waals surface area (Å²) in [7, 11) is 1.80. The molecule has 2 aromatic carbocycles. The number of halogens is 4. The summed E-state index contributed by atoms with van der Waals surface area (Å²) >= 11 is 3.56. The van der Waals surface area contributed by atoms with Gasteiger partial charge in [0.1, 0.15) is 0 Å². The van der Waals surface area contributed by atoms with Gasteiger partial charge in [-0.1, -0.05) is 22.0 Å². The van der Waals surface area contributed by atoms with Gasteiger partial charge in [-0.25, -0.2) is 0 Å². The van der Waals surface area contributed by atoms with Crippen molar-refractivity contribution in [2.75, 3.05) is 23.4 Å². The van der Waals surface area contributed by atoms with E-state index in [-0.39, 0.29) is 18.2 Å². The molecule has 0 spiro atoms. The summed E-state index contributed by atoms with van der Waals surface area (Å²) in [5, 5.41) is 13.4. The fourth-order valence-electron chi connectivity index (χ4n) is 4.34.